The van der Waals surface area contributed by atoms with Crippen LogP contribution in [-0.2, 0) is 4.79 Å². The molecule has 1 saturated heterocycles. The van der Waals surface area contributed by atoms with Crippen LogP contribution < -0.4 is 4.90 Å². The third-order valence-corrected chi connectivity index (χ3v) is 3.11. The lowest BCUT2D eigenvalue weighted by Crippen LogP contribution is -2.35. The highest BCUT2D eigenvalue weighted by molar-refractivity contribution is 6.31. The minimum Gasteiger partial charge on any atom is -0.384 e. The van der Waals surface area contributed by atoms with Crippen molar-refractivity contribution < 1.29 is 9.90 Å². The zero-order chi connectivity index (χ0) is 13.0. The lowest BCUT2D eigenvalue weighted by atomic mass is 10.1. The first kappa shape index (κ1) is 12.9. The van der Waals surface area contributed by atoms with Gasteiger partial charge in [-0.25, -0.2) is 0 Å². The van der Waals surface area contributed by atoms with Gasteiger partial charge in [-0.05, 0) is 31.0 Å². The Kier molecular flexibility index (Phi) is 4.24. The average Bonchev–Trinajstić information content (AvgIpc) is 2.38. The number of aliphatic hydroxyl groups is 1. The monoisotopic (exact) mass is 263 g/mol. The van der Waals surface area contributed by atoms with Gasteiger partial charge in [-0.1, -0.05) is 23.4 Å². The number of rotatable bonds is 1. The predicted octanol–water partition coefficient (Wildman–Crippen LogP) is 2.20. The van der Waals surface area contributed by atoms with Crippen molar-refractivity contribution >= 4 is 23.2 Å². The summed E-state index contributed by atoms with van der Waals surface area (Å²) < 4.78 is 0. The van der Waals surface area contributed by atoms with Crippen molar-refractivity contribution in [1.82, 2.24) is 0 Å². The average molecular weight is 264 g/mol. The molecule has 1 amide bonds. The second kappa shape index (κ2) is 5.90. The fourth-order valence-corrected chi connectivity index (χ4v) is 2.20. The number of benzene rings is 1. The van der Waals surface area contributed by atoms with Crippen LogP contribution in [0.4, 0.5) is 5.69 Å². The number of nitrogens with zero attached hydrogens (tertiary/aromatic N) is 1. The highest BCUT2D eigenvalue weighted by atomic mass is 35.5. The fourth-order valence-electron chi connectivity index (χ4n) is 2.03. The van der Waals surface area contributed by atoms with Gasteiger partial charge in [-0.3, -0.25) is 4.79 Å². The molecule has 0 saturated carbocycles. The molecule has 1 aliphatic heterocycles. The maximum atomic E-state index is 11.9. The summed E-state index contributed by atoms with van der Waals surface area (Å²) in [5, 5.41) is 9.34. The SMILES string of the molecule is O=C1CCCCN1c1cc(Cl)ccc1C#CCO. The maximum absolute atomic E-state index is 11.9. The number of piperidine rings is 1. The summed E-state index contributed by atoms with van der Waals surface area (Å²) in [4.78, 5) is 13.7. The third-order valence-electron chi connectivity index (χ3n) is 2.88. The first-order chi connectivity index (χ1) is 8.72. The van der Waals surface area contributed by atoms with Gasteiger partial charge in [0.2, 0.25) is 5.91 Å². The van der Waals surface area contributed by atoms with Gasteiger partial charge in [-0.2, -0.15) is 0 Å². The number of aliphatic hydroxyl groups excluding tert-OH is 1. The van der Waals surface area contributed by atoms with Crippen molar-refractivity contribution in [1.29, 1.82) is 0 Å². The number of carbonyl (C=O) groups is 1. The Labute approximate surface area is 111 Å². The molecule has 1 fully saturated rings. The normalized spacial score (nSPS) is 15.2. The van der Waals surface area contributed by atoms with E-state index in [0.29, 0.717) is 18.0 Å². The Morgan fingerprint density at radius 1 is 1.39 bits per heavy atom. The summed E-state index contributed by atoms with van der Waals surface area (Å²) in [6, 6.07) is 5.27. The van der Waals surface area contributed by atoms with Gasteiger partial charge in [0.25, 0.3) is 0 Å². The van der Waals surface area contributed by atoms with Crippen molar-refractivity contribution in [2.45, 2.75) is 19.3 Å². The Morgan fingerprint density at radius 2 is 2.22 bits per heavy atom. The van der Waals surface area contributed by atoms with Crippen LogP contribution in [0.25, 0.3) is 0 Å². The first-order valence-corrected chi connectivity index (χ1v) is 6.30. The maximum Gasteiger partial charge on any atom is 0.227 e. The zero-order valence-corrected chi connectivity index (χ0v) is 10.7. The van der Waals surface area contributed by atoms with Gasteiger partial charge in [-0.15, -0.1) is 0 Å². The van der Waals surface area contributed by atoms with Crippen molar-refractivity contribution in [3.8, 4) is 11.8 Å². The molecule has 0 unspecified atom stereocenters. The summed E-state index contributed by atoms with van der Waals surface area (Å²) in [6.45, 7) is 0.503. The standard InChI is InChI=1S/C14H14ClNO2/c15-12-7-6-11(4-3-9-17)13(10-12)16-8-2-1-5-14(16)18/h6-7,10,17H,1-2,5,8-9H2. The molecule has 1 aromatic rings. The Morgan fingerprint density at radius 3 is 2.94 bits per heavy atom. The highest BCUT2D eigenvalue weighted by Gasteiger charge is 2.21. The predicted molar refractivity (Wildman–Crippen MR) is 71.6 cm³/mol. The van der Waals surface area contributed by atoms with E-state index in [1.807, 2.05) is 0 Å². The molecular formula is C14H14ClNO2. The van der Waals surface area contributed by atoms with E-state index in [9.17, 15) is 4.79 Å². The Bertz CT molecular complexity index is 516. The molecule has 2 rings (SSSR count). The van der Waals surface area contributed by atoms with E-state index in [1.54, 1.807) is 23.1 Å². The Hall–Kier alpha value is -1.50. The van der Waals surface area contributed by atoms with Crippen molar-refractivity contribution in [2.75, 3.05) is 18.1 Å². The minimum absolute atomic E-state index is 0.107. The van der Waals surface area contributed by atoms with E-state index in [4.69, 9.17) is 16.7 Å². The molecule has 0 radical (unpaired) electrons. The van der Waals surface area contributed by atoms with Crippen molar-refractivity contribution in [2.24, 2.45) is 0 Å². The lowest BCUT2D eigenvalue weighted by molar-refractivity contribution is -0.119. The van der Waals surface area contributed by atoms with E-state index in [0.717, 1.165) is 24.1 Å². The first-order valence-electron chi connectivity index (χ1n) is 5.92. The summed E-state index contributed by atoms with van der Waals surface area (Å²) in [7, 11) is 0. The number of anilines is 1. The summed E-state index contributed by atoms with van der Waals surface area (Å²) >= 11 is 5.98. The van der Waals surface area contributed by atoms with Crippen LogP contribution in [0.3, 0.4) is 0 Å². The number of hydrogen-bond acceptors (Lipinski definition) is 2. The lowest BCUT2D eigenvalue weighted by Gasteiger charge is -2.27. The van der Waals surface area contributed by atoms with Gasteiger partial charge in [0.1, 0.15) is 6.61 Å². The molecule has 0 atom stereocenters. The van der Waals surface area contributed by atoms with E-state index < -0.39 is 0 Å². The molecule has 0 aromatic heterocycles. The van der Waals surface area contributed by atoms with E-state index in [2.05, 4.69) is 11.8 Å². The minimum atomic E-state index is -0.198. The van der Waals surface area contributed by atoms with Crippen LogP contribution >= 0.6 is 11.6 Å². The number of halogens is 1. The van der Waals surface area contributed by atoms with Gasteiger partial charge < -0.3 is 10.0 Å². The van der Waals surface area contributed by atoms with Gasteiger partial charge in [0.15, 0.2) is 0 Å². The molecule has 1 heterocycles. The molecule has 0 bridgehead atoms. The third kappa shape index (κ3) is 2.84. The Balaban J connectivity index is 2.40. The fraction of sp³-hybridized carbons (Fsp3) is 0.357. The molecule has 94 valence electrons. The molecule has 4 heteroatoms. The topological polar surface area (TPSA) is 40.5 Å². The summed E-state index contributed by atoms with van der Waals surface area (Å²) in [6.07, 6.45) is 2.50. The molecule has 18 heavy (non-hydrogen) atoms. The summed E-state index contributed by atoms with van der Waals surface area (Å²) in [5.41, 5.74) is 1.47. The molecule has 0 aliphatic carbocycles. The van der Waals surface area contributed by atoms with Crippen LogP contribution in [0.1, 0.15) is 24.8 Å². The second-order valence-electron chi connectivity index (χ2n) is 4.12. The van der Waals surface area contributed by atoms with E-state index >= 15 is 0 Å². The van der Waals surface area contributed by atoms with Crippen LogP contribution in [0.15, 0.2) is 18.2 Å². The van der Waals surface area contributed by atoms with Crippen LogP contribution in [0.5, 0.6) is 0 Å². The molecule has 3 nitrogen and oxygen atoms in total. The quantitative estimate of drug-likeness (QED) is 0.789. The van der Waals surface area contributed by atoms with Gasteiger partial charge >= 0.3 is 0 Å². The zero-order valence-electron chi connectivity index (χ0n) is 9.95. The summed E-state index contributed by atoms with van der Waals surface area (Å²) in [5.74, 6) is 5.57. The van der Waals surface area contributed by atoms with Crippen LogP contribution in [0, 0.1) is 11.8 Å². The van der Waals surface area contributed by atoms with Crippen molar-refractivity contribution in [3.05, 3.63) is 28.8 Å². The van der Waals surface area contributed by atoms with Crippen LogP contribution in [0.2, 0.25) is 5.02 Å². The number of amides is 1. The van der Waals surface area contributed by atoms with Crippen LogP contribution in [-0.4, -0.2) is 24.2 Å². The molecule has 1 aliphatic rings. The number of carbonyl (C=O) groups excluding carboxylic acids is 1. The number of hydrogen-bond donors (Lipinski definition) is 1. The molecule has 0 spiro atoms. The molecule has 1 N–H and O–H groups in total. The van der Waals surface area contributed by atoms with Crippen molar-refractivity contribution in [3.63, 3.8) is 0 Å². The van der Waals surface area contributed by atoms with Gasteiger partial charge in [0.05, 0.1) is 5.69 Å². The second-order valence-corrected chi connectivity index (χ2v) is 4.56. The van der Waals surface area contributed by atoms with E-state index in [1.165, 1.54) is 0 Å². The van der Waals surface area contributed by atoms with E-state index in [-0.39, 0.29) is 12.5 Å². The molecular weight excluding hydrogens is 250 g/mol. The largest absolute Gasteiger partial charge is 0.384 e. The smallest absolute Gasteiger partial charge is 0.227 e. The van der Waals surface area contributed by atoms with Gasteiger partial charge in [0, 0.05) is 23.6 Å². The molecule has 1 aromatic carbocycles. The highest BCUT2D eigenvalue weighted by Crippen LogP contribution is 2.27.